The van der Waals surface area contributed by atoms with Crippen LogP contribution >= 0.6 is 46.1 Å². The third-order valence-corrected chi connectivity index (χ3v) is 8.80. The lowest BCUT2D eigenvalue weighted by molar-refractivity contribution is -0.932. The molecule has 1 aromatic rings. The van der Waals surface area contributed by atoms with Crippen molar-refractivity contribution < 1.29 is 4.48 Å². The minimum Gasteiger partial charge on any atom is -0.315 e. The second-order valence-corrected chi connectivity index (χ2v) is 9.21. The molecule has 20 heavy (non-hydrogen) atoms. The van der Waals surface area contributed by atoms with Crippen LogP contribution in [0.25, 0.3) is 0 Å². The number of rotatable bonds is 5. The van der Waals surface area contributed by atoms with Crippen LogP contribution in [0, 0.1) is 5.92 Å². The molecule has 2 unspecified atom stereocenters. The number of quaternary nitrogens is 1. The number of unbranched alkanes of at least 4 members (excludes halogenated alkanes) is 1. The molecular weight excluding hydrogens is 401 g/mol. The third-order valence-electron chi connectivity index (χ3n) is 4.96. The predicted molar refractivity (Wildman–Crippen MR) is 94.7 cm³/mol. The van der Waals surface area contributed by atoms with Crippen LogP contribution < -0.4 is 0 Å². The molecule has 2 atom stereocenters. The van der Waals surface area contributed by atoms with E-state index in [9.17, 15) is 0 Å². The van der Waals surface area contributed by atoms with Gasteiger partial charge < -0.3 is 4.48 Å². The van der Waals surface area contributed by atoms with Crippen LogP contribution in [0.4, 0.5) is 0 Å². The monoisotopic (exact) mass is 424 g/mol. The Balaban J connectivity index is 1.80. The van der Waals surface area contributed by atoms with Gasteiger partial charge in [-0.15, -0.1) is 11.8 Å². The van der Waals surface area contributed by atoms with Crippen molar-refractivity contribution in [3.05, 3.63) is 5.69 Å². The normalized spacial score (nSPS) is 36.5. The highest BCUT2D eigenvalue weighted by Crippen LogP contribution is 2.50. The number of hydrogen-bond donors (Lipinski definition) is 0. The molecule has 3 nitrogen and oxygen atoms in total. The fourth-order valence-electron chi connectivity index (χ4n) is 3.55. The molecule has 2 bridgehead atoms. The van der Waals surface area contributed by atoms with Crippen LogP contribution in [0.15, 0.2) is 5.03 Å². The Morgan fingerprint density at radius 2 is 2.10 bits per heavy atom. The van der Waals surface area contributed by atoms with E-state index < -0.39 is 0 Å². The van der Waals surface area contributed by atoms with E-state index in [1.54, 1.807) is 0 Å². The fraction of sp³-hybridized carbons (Fsp3) is 0.857. The van der Waals surface area contributed by atoms with E-state index >= 15 is 0 Å². The van der Waals surface area contributed by atoms with Gasteiger partial charge in [0.15, 0.2) is 0 Å². The molecule has 112 valence electrons. The van der Waals surface area contributed by atoms with Crippen LogP contribution in [-0.2, 0) is 0 Å². The molecule has 4 heterocycles. The molecule has 4 rings (SSSR count). The largest absolute Gasteiger partial charge is 0.315 e. The molecule has 0 N–H and O–H groups in total. The van der Waals surface area contributed by atoms with Crippen LogP contribution in [0.5, 0.6) is 0 Å². The molecule has 6 heteroatoms. The number of likely N-dealkylation sites (N-methyl/N-ethyl adjacent to an activating group) is 1. The first-order valence-corrected chi connectivity index (χ1v) is 10.6. The summed E-state index contributed by atoms with van der Waals surface area (Å²) >= 11 is 6.03. The Bertz CT molecular complexity index is 457. The van der Waals surface area contributed by atoms with Crippen LogP contribution in [-0.4, -0.2) is 43.2 Å². The average Bonchev–Trinajstić information content (AvgIpc) is 2.89. The molecule has 0 radical (unpaired) electrons. The Hall–Kier alpha value is 0.600. The second-order valence-electron chi connectivity index (χ2n) is 6.32. The van der Waals surface area contributed by atoms with Gasteiger partial charge in [-0.1, -0.05) is 13.3 Å². The van der Waals surface area contributed by atoms with Crippen molar-refractivity contribution >= 4 is 46.1 Å². The summed E-state index contributed by atoms with van der Waals surface area (Å²) in [6, 6.07) is 0. The zero-order chi connectivity index (χ0) is 14.2. The lowest BCUT2D eigenvalue weighted by Gasteiger charge is -2.53. The van der Waals surface area contributed by atoms with E-state index in [1.807, 2.05) is 11.8 Å². The number of alkyl halides is 1. The molecule has 3 fully saturated rings. The molecule has 0 amide bonds. The first-order valence-electron chi connectivity index (χ1n) is 7.59. The van der Waals surface area contributed by atoms with Crippen molar-refractivity contribution in [1.82, 2.24) is 8.75 Å². The fourth-order valence-corrected chi connectivity index (χ4v) is 6.87. The first kappa shape index (κ1) is 15.5. The van der Waals surface area contributed by atoms with Crippen molar-refractivity contribution in [3.63, 3.8) is 0 Å². The zero-order valence-corrected chi connectivity index (χ0v) is 16.0. The maximum absolute atomic E-state index is 4.71. The summed E-state index contributed by atoms with van der Waals surface area (Å²) in [7, 11) is 2.43. The average molecular weight is 424 g/mol. The summed E-state index contributed by atoms with van der Waals surface area (Å²) in [4.78, 5) is 0. The summed E-state index contributed by atoms with van der Waals surface area (Å²) in [6.07, 6.45) is 5.28. The van der Waals surface area contributed by atoms with Crippen molar-refractivity contribution in [2.45, 2.75) is 47.6 Å². The van der Waals surface area contributed by atoms with Gasteiger partial charge in [-0.3, -0.25) is 0 Å². The number of hydrogen-bond acceptors (Lipinski definition) is 4. The van der Waals surface area contributed by atoms with Gasteiger partial charge in [-0.05, 0) is 40.7 Å². The maximum atomic E-state index is 4.71. The molecule has 0 aromatic carbocycles. The number of fused-ring (bicyclic) bond motifs is 3. The van der Waals surface area contributed by atoms with Gasteiger partial charge in [-0.25, -0.2) is 0 Å². The van der Waals surface area contributed by atoms with E-state index in [1.165, 1.54) is 71.5 Å². The molecule has 0 aliphatic carbocycles. The van der Waals surface area contributed by atoms with E-state index in [-0.39, 0.29) is 0 Å². The Kier molecular flexibility index (Phi) is 4.94. The van der Waals surface area contributed by atoms with Gasteiger partial charge >= 0.3 is 0 Å². The van der Waals surface area contributed by atoms with Crippen molar-refractivity contribution in [1.29, 1.82) is 0 Å². The molecule has 3 aliphatic heterocycles. The zero-order valence-electron chi connectivity index (χ0n) is 12.2. The summed E-state index contributed by atoms with van der Waals surface area (Å²) < 4.78 is 11.2. The van der Waals surface area contributed by atoms with Crippen LogP contribution in [0.3, 0.4) is 0 Å². The van der Waals surface area contributed by atoms with Crippen molar-refractivity contribution in [2.75, 3.05) is 25.9 Å². The first-order chi connectivity index (χ1) is 9.65. The van der Waals surface area contributed by atoms with Gasteiger partial charge in [0.05, 0.1) is 43.5 Å². The Morgan fingerprint density at radius 1 is 1.35 bits per heavy atom. The number of aromatic nitrogens is 2. The third kappa shape index (κ3) is 2.77. The minimum absolute atomic E-state index is 0.631. The van der Waals surface area contributed by atoms with Crippen molar-refractivity contribution in [3.8, 4) is 0 Å². The molecular formula is C14H23IN3S2+. The van der Waals surface area contributed by atoms with Crippen LogP contribution in [0.1, 0.15) is 44.2 Å². The molecule has 0 spiro atoms. The topological polar surface area (TPSA) is 25.8 Å². The number of nitrogens with zero attached hydrogens (tertiary/aromatic N) is 3. The van der Waals surface area contributed by atoms with E-state index in [0.29, 0.717) is 9.97 Å². The minimum atomic E-state index is 0.631. The van der Waals surface area contributed by atoms with E-state index in [4.69, 9.17) is 4.37 Å². The van der Waals surface area contributed by atoms with E-state index in [0.717, 1.165) is 5.92 Å². The van der Waals surface area contributed by atoms with Gasteiger partial charge in [-0.2, -0.15) is 8.75 Å². The quantitative estimate of drug-likeness (QED) is 0.177. The SMILES string of the molecule is CCCCSc1nsnc1C1C2CC[N+](C)(CC2)C1I. The Labute approximate surface area is 144 Å². The smallest absolute Gasteiger partial charge is 0.148 e. The summed E-state index contributed by atoms with van der Waals surface area (Å²) in [5.74, 6) is 2.65. The number of thioether (sulfide) groups is 1. The van der Waals surface area contributed by atoms with Gasteiger partial charge in [0.25, 0.3) is 0 Å². The lowest BCUT2D eigenvalue weighted by atomic mass is 9.76. The Morgan fingerprint density at radius 3 is 2.80 bits per heavy atom. The maximum Gasteiger partial charge on any atom is 0.148 e. The van der Waals surface area contributed by atoms with Crippen molar-refractivity contribution in [2.24, 2.45) is 5.92 Å². The van der Waals surface area contributed by atoms with Crippen LogP contribution in [0.2, 0.25) is 0 Å². The second kappa shape index (κ2) is 6.38. The summed E-state index contributed by atoms with van der Waals surface area (Å²) in [5.41, 5.74) is 1.32. The molecule has 0 saturated carbocycles. The highest BCUT2D eigenvalue weighted by molar-refractivity contribution is 14.1. The predicted octanol–water partition coefficient (Wildman–Crippen LogP) is 4.15. The highest BCUT2D eigenvalue weighted by Gasteiger charge is 2.52. The molecule has 3 saturated heterocycles. The summed E-state index contributed by atoms with van der Waals surface area (Å²) in [6.45, 7) is 4.95. The van der Waals surface area contributed by atoms with E-state index in [2.05, 4.69) is 40.9 Å². The van der Waals surface area contributed by atoms with Gasteiger partial charge in [0.1, 0.15) is 9.07 Å². The summed E-state index contributed by atoms with van der Waals surface area (Å²) in [5, 5.41) is 1.23. The standard InChI is InChI=1S/C14H23IN3S2/c1-3-4-9-19-14-12(16-20-17-14)11-10-5-7-18(2,8-6-10)13(11)15/h10-11,13H,3-9H2,1-2H3/q+1. The lowest BCUT2D eigenvalue weighted by Crippen LogP contribution is -2.62. The number of piperidine rings is 3. The molecule has 3 aliphatic rings. The molecule has 1 aromatic heterocycles. The number of halogens is 1. The van der Waals surface area contributed by atoms with Gasteiger partial charge in [0.2, 0.25) is 0 Å². The van der Waals surface area contributed by atoms with Gasteiger partial charge in [0, 0.05) is 12.8 Å². The highest BCUT2D eigenvalue weighted by atomic mass is 127.